The van der Waals surface area contributed by atoms with Gasteiger partial charge < -0.3 is 9.67 Å². The number of aromatic nitrogens is 3. The van der Waals surface area contributed by atoms with E-state index in [4.69, 9.17) is 4.98 Å². The van der Waals surface area contributed by atoms with Crippen LogP contribution in [0.25, 0.3) is 22.4 Å². The quantitative estimate of drug-likeness (QED) is 0.790. The van der Waals surface area contributed by atoms with Gasteiger partial charge in [0, 0.05) is 12.7 Å². The second kappa shape index (κ2) is 4.96. The first-order chi connectivity index (χ1) is 9.70. The Labute approximate surface area is 117 Å². The molecule has 0 aliphatic rings. The second-order valence-electron chi connectivity index (χ2n) is 4.97. The van der Waals surface area contributed by atoms with Gasteiger partial charge in [-0.3, -0.25) is 4.98 Å². The zero-order valence-corrected chi connectivity index (χ0v) is 11.7. The van der Waals surface area contributed by atoms with Crippen molar-refractivity contribution in [1.82, 2.24) is 14.5 Å². The second-order valence-corrected chi connectivity index (χ2v) is 4.97. The van der Waals surface area contributed by atoms with Crippen molar-refractivity contribution in [3.8, 4) is 17.1 Å². The summed E-state index contributed by atoms with van der Waals surface area (Å²) in [5.74, 6) is 0.962. The van der Waals surface area contributed by atoms with Crippen molar-refractivity contribution in [1.29, 1.82) is 0 Å². The van der Waals surface area contributed by atoms with E-state index in [2.05, 4.69) is 41.6 Å². The predicted molar refractivity (Wildman–Crippen MR) is 79.7 cm³/mol. The maximum atomic E-state index is 10.0. The summed E-state index contributed by atoms with van der Waals surface area (Å²) in [6, 6.07) is 8.06. The van der Waals surface area contributed by atoms with Crippen molar-refractivity contribution < 1.29 is 5.11 Å². The average Bonchev–Trinajstić information content (AvgIpc) is 2.77. The number of aryl methyl sites for hydroxylation is 2. The van der Waals surface area contributed by atoms with Crippen LogP contribution in [0.5, 0.6) is 5.75 Å². The van der Waals surface area contributed by atoms with Crippen molar-refractivity contribution in [3.63, 3.8) is 0 Å². The summed E-state index contributed by atoms with van der Waals surface area (Å²) in [5, 5.41) is 10.0. The van der Waals surface area contributed by atoms with E-state index in [0.717, 1.165) is 35.4 Å². The Balaban J connectivity index is 2.29. The van der Waals surface area contributed by atoms with Crippen LogP contribution in [0.2, 0.25) is 0 Å². The Morgan fingerprint density at radius 3 is 2.85 bits per heavy atom. The van der Waals surface area contributed by atoms with E-state index in [9.17, 15) is 5.11 Å². The number of fused-ring (bicyclic) bond motifs is 1. The highest BCUT2D eigenvalue weighted by atomic mass is 16.3. The van der Waals surface area contributed by atoms with Crippen molar-refractivity contribution in [2.45, 2.75) is 26.8 Å². The van der Waals surface area contributed by atoms with Gasteiger partial charge in [0.2, 0.25) is 0 Å². The van der Waals surface area contributed by atoms with Gasteiger partial charge in [-0.2, -0.15) is 0 Å². The minimum absolute atomic E-state index is 0.164. The van der Waals surface area contributed by atoms with Crippen LogP contribution in [-0.4, -0.2) is 19.6 Å². The van der Waals surface area contributed by atoms with Gasteiger partial charge in [0.1, 0.15) is 11.6 Å². The van der Waals surface area contributed by atoms with Gasteiger partial charge in [-0.05, 0) is 37.1 Å². The van der Waals surface area contributed by atoms with Gasteiger partial charge in [0.25, 0.3) is 0 Å². The zero-order valence-electron chi connectivity index (χ0n) is 11.7. The normalized spacial score (nSPS) is 11.1. The van der Waals surface area contributed by atoms with E-state index < -0.39 is 0 Å². The first-order valence-electron chi connectivity index (χ1n) is 6.81. The van der Waals surface area contributed by atoms with Crippen LogP contribution in [-0.2, 0) is 6.54 Å². The lowest BCUT2D eigenvalue weighted by Crippen LogP contribution is -2.00. The third-order valence-electron chi connectivity index (χ3n) is 3.39. The molecule has 3 aromatic rings. The van der Waals surface area contributed by atoms with Gasteiger partial charge in [0.05, 0.1) is 22.8 Å². The molecule has 0 radical (unpaired) electrons. The molecule has 0 saturated carbocycles. The van der Waals surface area contributed by atoms with Gasteiger partial charge in [-0.15, -0.1) is 0 Å². The molecule has 2 aromatic heterocycles. The highest BCUT2D eigenvalue weighted by Crippen LogP contribution is 2.30. The molecule has 0 fully saturated rings. The maximum Gasteiger partial charge on any atom is 0.144 e. The van der Waals surface area contributed by atoms with Crippen molar-refractivity contribution in [2.24, 2.45) is 0 Å². The number of nitrogens with zero attached hydrogens (tertiary/aromatic N) is 3. The summed E-state index contributed by atoms with van der Waals surface area (Å²) in [6.07, 6.45) is 4.14. The summed E-state index contributed by atoms with van der Waals surface area (Å²) >= 11 is 0. The number of aromatic hydroxyl groups is 1. The molecule has 0 saturated heterocycles. The molecule has 3 rings (SSSR count). The number of benzene rings is 1. The summed E-state index contributed by atoms with van der Waals surface area (Å²) in [6.45, 7) is 5.06. The maximum absolute atomic E-state index is 10.0. The number of pyridine rings is 1. The molecule has 4 heteroatoms. The SMILES string of the molecule is CCCn1c(-c2ccncc2O)nc2cc(C)ccc21. The molecule has 0 atom stereocenters. The Bertz CT molecular complexity index is 762. The Morgan fingerprint density at radius 2 is 2.10 bits per heavy atom. The summed E-state index contributed by atoms with van der Waals surface area (Å²) < 4.78 is 2.16. The number of hydrogen-bond acceptors (Lipinski definition) is 3. The first-order valence-corrected chi connectivity index (χ1v) is 6.81. The summed E-state index contributed by atoms with van der Waals surface area (Å²) in [7, 11) is 0. The molecule has 4 nitrogen and oxygen atoms in total. The molecular weight excluding hydrogens is 250 g/mol. The lowest BCUT2D eigenvalue weighted by atomic mass is 10.2. The highest BCUT2D eigenvalue weighted by molar-refractivity contribution is 5.82. The standard InChI is InChI=1S/C16H17N3O/c1-3-8-19-14-5-4-11(2)9-13(14)18-16(19)12-6-7-17-10-15(12)20/h4-7,9-10,20H,3,8H2,1-2H3. The number of hydrogen-bond donors (Lipinski definition) is 1. The molecule has 102 valence electrons. The fourth-order valence-corrected chi connectivity index (χ4v) is 2.47. The van der Waals surface area contributed by atoms with E-state index in [1.807, 2.05) is 0 Å². The minimum atomic E-state index is 0.164. The lowest BCUT2D eigenvalue weighted by molar-refractivity contribution is 0.473. The Kier molecular flexibility index (Phi) is 3.14. The van der Waals surface area contributed by atoms with E-state index in [1.165, 1.54) is 11.8 Å². The fraction of sp³-hybridized carbons (Fsp3) is 0.250. The summed E-state index contributed by atoms with van der Waals surface area (Å²) in [4.78, 5) is 8.63. The minimum Gasteiger partial charge on any atom is -0.506 e. The van der Waals surface area contributed by atoms with Gasteiger partial charge >= 0.3 is 0 Å². The van der Waals surface area contributed by atoms with Crippen LogP contribution < -0.4 is 0 Å². The Hall–Kier alpha value is -2.36. The molecule has 0 bridgehead atoms. The molecule has 0 spiro atoms. The monoisotopic (exact) mass is 267 g/mol. The van der Waals surface area contributed by atoms with Crippen LogP contribution >= 0.6 is 0 Å². The fourth-order valence-electron chi connectivity index (χ4n) is 2.47. The van der Waals surface area contributed by atoms with Crippen LogP contribution in [0.4, 0.5) is 0 Å². The molecule has 0 aliphatic heterocycles. The molecule has 2 heterocycles. The van der Waals surface area contributed by atoms with Crippen LogP contribution in [0.1, 0.15) is 18.9 Å². The van der Waals surface area contributed by atoms with E-state index in [1.54, 1.807) is 12.3 Å². The van der Waals surface area contributed by atoms with Gasteiger partial charge in [-0.1, -0.05) is 13.0 Å². The first kappa shape index (κ1) is 12.7. The van der Waals surface area contributed by atoms with E-state index in [-0.39, 0.29) is 5.75 Å². The molecular formula is C16H17N3O. The molecule has 1 aromatic carbocycles. The number of rotatable bonds is 3. The molecule has 0 unspecified atom stereocenters. The van der Waals surface area contributed by atoms with Gasteiger partial charge in [-0.25, -0.2) is 4.98 Å². The zero-order chi connectivity index (χ0) is 14.1. The topological polar surface area (TPSA) is 50.9 Å². The molecule has 20 heavy (non-hydrogen) atoms. The average molecular weight is 267 g/mol. The molecule has 1 N–H and O–H groups in total. The molecule has 0 amide bonds. The van der Waals surface area contributed by atoms with Crippen LogP contribution in [0.15, 0.2) is 36.7 Å². The summed E-state index contributed by atoms with van der Waals surface area (Å²) in [5.41, 5.74) is 3.97. The highest BCUT2D eigenvalue weighted by Gasteiger charge is 2.14. The van der Waals surface area contributed by atoms with E-state index in [0.29, 0.717) is 0 Å². The number of imidazole rings is 1. The van der Waals surface area contributed by atoms with Crippen molar-refractivity contribution in [2.75, 3.05) is 0 Å². The van der Waals surface area contributed by atoms with Crippen molar-refractivity contribution >= 4 is 11.0 Å². The predicted octanol–water partition coefficient (Wildman–Crippen LogP) is 3.52. The lowest BCUT2D eigenvalue weighted by Gasteiger charge is -2.08. The Morgan fingerprint density at radius 1 is 1.25 bits per heavy atom. The van der Waals surface area contributed by atoms with E-state index >= 15 is 0 Å². The smallest absolute Gasteiger partial charge is 0.144 e. The van der Waals surface area contributed by atoms with Crippen LogP contribution in [0, 0.1) is 6.92 Å². The van der Waals surface area contributed by atoms with Crippen molar-refractivity contribution in [3.05, 3.63) is 42.2 Å². The third kappa shape index (κ3) is 2.03. The third-order valence-corrected chi connectivity index (χ3v) is 3.39. The molecule has 0 aliphatic carbocycles. The van der Waals surface area contributed by atoms with Gasteiger partial charge in [0.15, 0.2) is 0 Å². The largest absolute Gasteiger partial charge is 0.506 e. The van der Waals surface area contributed by atoms with Crippen LogP contribution in [0.3, 0.4) is 0 Å².